The second kappa shape index (κ2) is 9.82. The second-order valence-electron chi connectivity index (χ2n) is 5.69. The fourth-order valence-electron chi connectivity index (χ4n) is 2.20. The topological polar surface area (TPSA) is 84.5 Å². The van der Waals surface area contributed by atoms with Crippen LogP contribution in [0, 0.1) is 5.82 Å². The van der Waals surface area contributed by atoms with Crippen LogP contribution in [0.4, 0.5) is 4.39 Å². The van der Waals surface area contributed by atoms with E-state index in [2.05, 4.69) is 26.6 Å². The largest absolute Gasteiger partial charge is 0.454 e. The number of halogens is 2. The van der Waals surface area contributed by atoms with Gasteiger partial charge in [0.25, 0.3) is 11.8 Å². The highest BCUT2D eigenvalue weighted by Gasteiger charge is 2.13. The molecule has 0 aliphatic heterocycles. The quantitative estimate of drug-likeness (QED) is 0.653. The fourth-order valence-corrected chi connectivity index (χ4v) is 2.60. The van der Waals surface area contributed by atoms with Gasteiger partial charge in [-0.1, -0.05) is 34.1 Å². The first-order chi connectivity index (χ1) is 12.8. The molecule has 0 aliphatic carbocycles. The van der Waals surface area contributed by atoms with Crippen molar-refractivity contribution in [3.8, 4) is 0 Å². The number of carbonyl (C=O) groups excluding carboxylic acids is 3. The standard InChI is InChI=1S/C19H18BrFN2O4/c1-12(13-5-7-16(21)8-6-13)23-17(24)11-27-18(25)10-22-19(26)14-3-2-4-15(20)9-14/h2-9,12H,10-11H2,1H3,(H,22,26)(H,23,24). The zero-order valence-electron chi connectivity index (χ0n) is 14.5. The van der Waals surface area contributed by atoms with Gasteiger partial charge in [-0.05, 0) is 42.8 Å². The maximum Gasteiger partial charge on any atom is 0.325 e. The van der Waals surface area contributed by atoms with Crippen molar-refractivity contribution in [3.05, 3.63) is 69.9 Å². The fraction of sp³-hybridized carbons (Fsp3) is 0.211. The third-order valence-electron chi connectivity index (χ3n) is 3.59. The molecule has 8 heteroatoms. The Balaban J connectivity index is 1.72. The number of esters is 1. The van der Waals surface area contributed by atoms with E-state index in [1.807, 2.05) is 0 Å². The molecule has 0 aromatic heterocycles. The number of nitrogens with one attached hydrogen (secondary N) is 2. The average molecular weight is 437 g/mol. The van der Waals surface area contributed by atoms with Crippen molar-refractivity contribution >= 4 is 33.7 Å². The van der Waals surface area contributed by atoms with Gasteiger partial charge < -0.3 is 15.4 Å². The maximum atomic E-state index is 12.9. The van der Waals surface area contributed by atoms with Gasteiger partial charge in [-0.15, -0.1) is 0 Å². The van der Waals surface area contributed by atoms with Gasteiger partial charge in [0.2, 0.25) is 0 Å². The predicted octanol–water partition coefficient (Wildman–Crippen LogP) is 2.74. The Morgan fingerprint density at radius 3 is 2.52 bits per heavy atom. The molecule has 0 fully saturated rings. The van der Waals surface area contributed by atoms with Crippen LogP contribution in [0.15, 0.2) is 53.0 Å². The van der Waals surface area contributed by atoms with E-state index in [4.69, 9.17) is 4.74 Å². The molecule has 2 aromatic rings. The molecule has 27 heavy (non-hydrogen) atoms. The first-order valence-corrected chi connectivity index (χ1v) is 8.88. The summed E-state index contributed by atoms with van der Waals surface area (Å²) < 4.78 is 18.5. The van der Waals surface area contributed by atoms with Crippen molar-refractivity contribution in [3.63, 3.8) is 0 Å². The zero-order valence-corrected chi connectivity index (χ0v) is 16.1. The highest BCUT2D eigenvalue weighted by molar-refractivity contribution is 9.10. The lowest BCUT2D eigenvalue weighted by atomic mass is 10.1. The van der Waals surface area contributed by atoms with Gasteiger partial charge >= 0.3 is 5.97 Å². The lowest BCUT2D eigenvalue weighted by molar-refractivity contribution is -0.147. The molecule has 0 saturated heterocycles. The lowest BCUT2D eigenvalue weighted by Crippen LogP contribution is -2.34. The van der Waals surface area contributed by atoms with Crippen molar-refractivity contribution in [2.45, 2.75) is 13.0 Å². The van der Waals surface area contributed by atoms with Crippen molar-refractivity contribution in [1.29, 1.82) is 0 Å². The number of ether oxygens (including phenoxy) is 1. The van der Waals surface area contributed by atoms with Gasteiger partial charge in [-0.25, -0.2) is 4.39 Å². The van der Waals surface area contributed by atoms with Crippen LogP contribution in [0.25, 0.3) is 0 Å². The summed E-state index contributed by atoms with van der Waals surface area (Å²) >= 11 is 3.26. The molecule has 1 unspecified atom stereocenters. The Morgan fingerprint density at radius 1 is 1.15 bits per heavy atom. The molecular weight excluding hydrogens is 419 g/mol. The normalized spacial score (nSPS) is 11.4. The number of rotatable bonds is 7. The Morgan fingerprint density at radius 2 is 1.85 bits per heavy atom. The van der Waals surface area contributed by atoms with E-state index in [0.717, 1.165) is 10.0 Å². The van der Waals surface area contributed by atoms with Crippen LogP contribution < -0.4 is 10.6 Å². The second-order valence-corrected chi connectivity index (χ2v) is 6.61. The summed E-state index contributed by atoms with van der Waals surface area (Å²) in [5.41, 5.74) is 1.11. The summed E-state index contributed by atoms with van der Waals surface area (Å²) in [5, 5.41) is 5.06. The van der Waals surface area contributed by atoms with Gasteiger partial charge in [-0.2, -0.15) is 0 Å². The van der Waals surface area contributed by atoms with E-state index >= 15 is 0 Å². The number of benzene rings is 2. The molecule has 1 atom stereocenters. The maximum absolute atomic E-state index is 12.9. The van der Waals surface area contributed by atoms with E-state index in [9.17, 15) is 18.8 Å². The molecule has 142 valence electrons. The smallest absolute Gasteiger partial charge is 0.325 e. The van der Waals surface area contributed by atoms with Crippen molar-refractivity contribution < 1.29 is 23.5 Å². The van der Waals surface area contributed by atoms with Crippen molar-refractivity contribution in [1.82, 2.24) is 10.6 Å². The summed E-state index contributed by atoms with van der Waals surface area (Å²) in [6, 6.07) is 12.0. The van der Waals surface area contributed by atoms with Crippen LogP contribution in [-0.2, 0) is 14.3 Å². The molecule has 0 heterocycles. The molecule has 0 aliphatic rings. The Bertz CT molecular complexity index is 827. The molecule has 6 nitrogen and oxygen atoms in total. The van der Waals surface area contributed by atoms with Gasteiger partial charge in [0.15, 0.2) is 6.61 Å². The Labute approximate surface area is 164 Å². The number of hydrogen-bond donors (Lipinski definition) is 2. The number of amides is 2. The highest BCUT2D eigenvalue weighted by atomic mass is 79.9. The summed E-state index contributed by atoms with van der Waals surface area (Å²) in [5.74, 6) is -2.03. The number of carbonyl (C=O) groups is 3. The summed E-state index contributed by atoms with van der Waals surface area (Å²) in [6.45, 7) is 0.897. The van der Waals surface area contributed by atoms with Crippen LogP contribution in [-0.4, -0.2) is 30.9 Å². The van der Waals surface area contributed by atoms with Crippen LogP contribution in [0.5, 0.6) is 0 Å². The minimum Gasteiger partial charge on any atom is -0.454 e. The summed E-state index contributed by atoms with van der Waals surface area (Å²) in [4.78, 5) is 35.4. The highest BCUT2D eigenvalue weighted by Crippen LogP contribution is 2.13. The van der Waals surface area contributed by atoms with Crippen LogP contribution in [0.2, 0.25) is 0 Å². The Kier molecular flexibility index (Phi) is 7.48. The van der Waals surface area contributed by atoms with Gasteiger partial charge in [0, 0.05) is 10.0 Å². The molecule has 0 radical (unpaired) electrons. The molecule has 2 rings (SSSR count). The van der Waals surface area contributed by atoms with Gasteiger partial charge in [0.05, 0.1) is 6.04 Å². The van der Waals surface area contributed by atoms with Crippen LogP contribution in [0.1, 0.15) is 28.9 Å². The van der Waals surface area contributed by atoms with Crippen LogP contribution in [0.3, 0.4) is 0 Å². The SMILES string of the molecule is CC(NC(=O)COC(=O)CNC(=O)c1cccc(Br)c1)c1ccc(F)cc1. The molecule has 2 amide bonds. The zero-order chi connectivity index (χ0) is 19.8. The first kappa shape index (κ1) is 20.6. The Hall–Kier alpha value is -2.74. The molecule has 2 aromatic carbocycles. The average Bonchev–Trinajstić information content (AvgIpc) is 2.64. The van der Waals surface area contributed by atoms with Crippen LogP contribution >= 0.6 is 15.9 Å². The first-order valence-electron chi connectivity index (χ1n) is 8.09. The molecule has 0 bridgehead atoms. The molecular formula is C19H18BrFN2O4. The van der Waals surface area contributed by atoms with Gasteiger partial charge in [0.1, 0.15) is 12.4 Å². The van der Waals surface area contributed by atoms with E-state index < -0.39 is 24.4 Å². The predicted molar refractivity (Wildman–Crippen MR) is 100 cm³/mol. The monoisotopic (exact) mass is 436 g/mol. The third-order valence-corrected chi connectivity index (χ3v) is 4.09. The van der Waals surface area contributed by atoms with Crippen molar-refractivity contribution in [2.75, 3.05) is 13.2 Å². The van der Waals surface area contributed by atoms with Gasteiger partial charge in [-0.3, -0.25) is 14.4 Å². The molecule has 0 spiro atoms. The minimum atomic E-state index is -0.733. The molecule has 2 N–H and O–H groups in total. The third kappa shape index (κ3) is 6.82. The van der Waals surface area contributed by atoms with E-state index in [0.29, 0.717) is 5.56 Å². The van der Waals surface area contributed by atoms with E-state index in [-0.39, 0.29) is 18.4 Å². The number of hydrogen-bond acceptors (Lipinski definition) is 4. The summed E-state index contributed by atoms with van der Waals surface area (Å²) in [7, 11) is 0. The van der Waals surface area contributed by atoms with E-state index in [1.165, 1.54) is 12.1 Å². The van der Waals surface area contributed by atoms with E-state index in [1.54, 1.807) is 43.3 Å². The summed E-state index contributed by atoms with van der Waals surface area (Å²) in [6.07, 6.45) is 0. The molecule has 0 saturated carbocycles. The lowest BCUT2D eigenvalue weighted by Gasteiger charge is -2.14. The minimum absolute atomic E-state index is 0.355. The van der Waals surface area contributed by atoms with Crippen molar-refractivity contribution in [2.24, 2.45) is 0 Å².